The monoisotopic (exact) mass is 340 g/mol. The van der Waals surface area contributed by atoms with Crippen LogP contribution in [-0.2, 0) is 24.1 Å². The Morgan fingerprint density at radius 3 is 3.00 bits per heavy atom. The van der Waals surface area contributed by atoms with E-state index in [1.54, 1.807) is 6.07 Å². The summed E-state index contributed by atoms with van der Waals surface area (Å²) in [7, 11) is 0. The Kier molecular flexibility index (Phi) is 4.51. The maximum atomic E-state index is 14.0. The molecule has 0 saturated carbocycles. The Balaban J connectivity index is 1.51. The molecule has 4 rings (SSSR count). The SMILES string of the molecule is O=C(NCC1OCCc2ccccc21)c1ccc(F)c2c1CCNC2. The molecular weight excluding hydrogens is 319 g/mol. The van der Waals surface area contributed by atoms with Crippen LogP contribution in [0.2, 0.25) is 0 Å². The molecule has 2 aromatic rings. The molecule has 0 fully saturated rings. The minimum atomic E-state index is -0.247. The van der Waals surface area contributed by atoms with Crippen LogP contribution >= 0.6 is 0 Å². The van der Waals surface area contributed by atoms with E-state index in [-0.39, 0.29) is 17.8 Å². The summed E-state index contributed by atoms with van der Waals surface area (Å²) in [5.41, 5.74) is 4.42. The number of nitrogens with one attached hydrogen (secondary N) is 2. The predicted octanol–water partition coefficient (Wildman–Crippen LogP) is 2.52. The van der Waals surface area contributed by atoms with Crippen molar-refractivity contribution in [2.45, 2.75) is 25.5 Å². The fourth-order valence-electron chi connectivity index (χ4n) is 3.71. The lowest BCUT2D eigenvalue weighted by Crippen LogP contribution is -2.34. The second kappa shape index (κ2) is 6.94. The average molecular weight is 340 g/mol. The molecule has 0 radical (unpaired) electrons. The fourth-order valence-corrected chi connectivity index (χ4v) is 3.71. The molecule has 2 aliphatic heterocycles. The van der Waals surface area contributed by atoms with Gasteiger partial charge in [-0.3, -0.25) is 4.79 Å². The van der Waals surface area contributed by atoms with Crippen molar-refractivity contribution in [1.82, 2.24) is 10.6 Å². The van der Waals surface area contributed by atoms with Gasteiger partial charge in [-0.05, 0) is 48.2 Å². The molecule has 2 heterocycles. The lowest BCUT2D eigenvalue weighted by atomic mass is 9.94. The molecule has 2 N–H and O–H groups in total. The van der Waals surface area contributed by atoms with E-state index < -0.39 is 0 Å². The first kappa shape index (κ1) is 16.2. The van der Waals surface area contributed by atoms with Gasteiger partial charge < -0.3 is 15.4 Å². The van der Waals surface area contributed by atoms with Crippen LogP contribution in [0.4, 0.5) is 4.39 Å². The number of benzene rings is 2. The van der Waals surface area contributed by atoms with Gasteiger partial charge in [0.15, 0.2) is 0 Å². The summed E-state index contributed by atoms with van der Waals surface area (Å²) < 4.78 is 19.8. The molecular formula is C20H21FN2O2. The molecule has 0 spiro atoms. The van der Waals surface area contributed by atoms with E-state index in [0.29, 0.717) is 37.2 Å². The number of rotatable bonds is 3. The van der Waals surface area contributed by atoms with Gasteiger partial charge in [0, 0.05) is 24.2 Å². The quantitative estimate of drug-likeness (QED) is 0.903. The molecule has 0 aromatic heterocycles. The lowest BCUT2D eigenvalue weighted by molar-refractivity contribution is 0.0411. The summed E-state index contributed by atoms with van der Waals surface area (Å²) in [6.07, 6.45) is 1.43. The average Bonchev–Trinajstić information content (AvgIpc) is 2.66. The summed E-state index contributed by atoms with van der Waals surface area (Å²) in [6, 6.07) is 11.1. The highest BCUT2D eigenvalue weighted by Gasteiger charge is 2.23. The largest absolute Gasteiger partial charge is 0.371 e. The highest BCUT2D eigenvalue weighted by molar-refractivity contribution is 5.96. The molecule has 0 saturated heterocycles. The molecule has 4 nitrogen and oxygen atoms in total. The number of carbonyl (C=O) groups excluding carboxylic acids is 1. The summed E-state index contributed by atoms with van der Waals surface area (Å²) in [6.45, 7) is 2.31. The first-order valence-corrected chi connectivity index (χ1v) is 8.72. The summed E-state index contributed by atoms with van der Waals surface area (Å²) in [4.78, 5) is 12.7. The minimum Gasteiger partial charge on any atom is -0.371 e. The van der Waals surface area contributed by atoms with Gasteiger partial charge in [0.1, 0.15) is 11.9 Å². The topological polar surface area (TPSA) is 50.4 Å². The Morgan fingerprint density at radius 1 is 1.20 bits per heavy atom. The van der Waals surface area contributed by atoms with Crippen LogP contribution < -0.4 is 10.6 Å². The lowest BCUT2D eigenvalue weighted by Gasteiger charge is -2.26. The third-order valence-electron chi connectivity index (χ3n) is 5.01. The van der Waals surface area contributed by atoms with Crippen molar-refractivity contribution in [2.75, 3.05) is 19.7 Å². The number of amides is 1. The Morgan fingerprint density at radius 2 is 2.08 bits per heavy atom. The Labute approximate surface area is 146 Å². The molecule has 0 bridgehead atoms. The van der Waals surface area contributed by atoms with Crippen LogP contribution in [0.25, 0.3) is 0 Å². The van der Waals surface area contributed by atoms with Gasteiger partial charge in [-0.2, -0.15) is 0 Å². The maximum Gasteiger partial charge on any atom is 0.251 e. The predicted molar refractivity (Wildman–Crippen MR) is 93.0 cm³/mol. The van der Waals surface area contributed by atoms with E-state index in [1.807, 2.05) is 12.1 Å². The number of hydrogen-bond acceptors (Lipinski definition) is 3. The fraction of sp³-hybridized carbons (Fsp3) is 0.350. The molecule has 25 heavy (non-hydrogen) atoms. The van der Waals surface area contributed by atoms with Gasteiger partial charge >= 0.3 is 0 Å². The Bertz CT molecular complexity index is 806. The van der Waals surface area contributed by atoms with Crippen molar-refractivity contribution >= 4 is 5.91 Å². The van der Waals surface area contributed by atoms with Gasteiger partial charge in [0.05, 0.1) is 6.61 Å². The standard InChI is InChI=1S/C20H21FN2O2/c21-18-6-5-16(15-7-9-22-11-17(15)18)20(24)23-12-19-14-4-2-1-3-13(14)8-10-25-19/h1-6,19,22H,7-12H2,(H,23,24). The van der Waals surface area contributed by atoms with E-state index in [1.165, 1.54) is 11.6 Å². The van der Waals surface area contributed by atoms with Gasteiger partial charge in [-0.1, -0.05) is 24.3 Å². The van der Waals surface area contributed by atoms with E-state index in [2.05, 4.69) is 22.8 Å². The zero-order valence-corrected chi connectivity index (χ0v) is 14.0. The maximum absolute atomic E-state index is 14.0. The van der Waals surface area contributed by atoms with Gasteiger partial charge in [0.2, 0.25) is 0 Å². The second-order valence-electron chi connectivity index (χ2n) is 6.50. The molecule has 1 amide bonds. The van der Waals surface area contributed by atoms with Crippen molar-refractivity contribution < 1.29 is 13.9 Å². The molecule has 2 aromatic carbocycles. The van der Waals surface area contributed by atoms with E-state index >= 15 is 0 Å². The van der Waals surface area contributed by atoms with Crippen molar-refractivity contribution in [2.24, 2.45) is 0 Å². The normalized spacial score (nSPS) is 19.0. The number of hydrogen-bond donors (Lipinski definition) is 2. The zero-order valence-electron chi connectivity index (χ0n) is 14.0. The Hall–Kier alpha value is -2.24. The summed E-state index contributed by atoms with van der Waals surface area (Å²) >= 11 is 0. The number of ether oxygens (including phenoxy) is 1. The van der Waals surface area contributed by atoms with E-state index in [4.69, 9.17) is 4.74 Å². The van der Waals surface area contributed by atoms with Gasteiger partial charge in [0.25, 0.3) is 5.91 Å². The summed E-state index contributed by atoms with van der Waals surface area (Å²) in [5.74, 6) is -0.409. The van der Waals surface area contributed by atoms with Crippen LogP contribution in [0, 0.1) is 5.82 Å². The van der Waals surface area contributed by atoms with Crippen LogP contribution in [0.15, 0.2) is 36.4 Å². The first-order valence-electron chi connectivity index (χ1n) is 8.72. The van der Waals surface area contributed by atoms with Crippen molar-refractivity contribution in [3.8, 4) is 0 Å². The van der Waals surface area contributed by atoms with Crippen LogP contribution in [0.5, 0.6) is 0 Å². The number of halogens is 1. The van der Waals surface area contributed by atoms with E-state index in [0.717, 1.165) is 24.1 Å². The van der Waals surface area contributed by atoms with Gasteiger partial charge in [-0.15, -0.1) is 0 Å². The van der Waals surface area contributed by atoms with Crippen molar-refractivity contribution in [1.29, 1.82) is 0 Å². The molecule has 130 valence electrons. The molecule has 0 aliphatic carbocycles. The van der Waals surface area contributed by atoms with Gasteiger partial charge in [-0.25, -0.2) is 4.39 Å². The highest BCUT2D eigenvalue weighted by Crippen LogP contribution is 2.27. The van der Waals surface area contributed by atoms with Crippen molar-refractivity contribution in [3.63, 3.8) is 0 Å². The minimum absolute atomic E-state index is 0.133. The third-order valence-corrected chi connectivity index (χ3v) is 5.01. The smallest absolute Gasteiger partial charge is 0.251 e. The van der Waals surface area contributed by atoms with Crippen LogP contribution in [-0.4, -0.2) is 25.6 Å². The van der Waals surface area contributed by atoms with Crippen LogP contribution in [0.1, 0.15) is 38.7 Å². The second-order valence-corrected chi connectivity index (χ2v) is 6.50. The van der Waals surface area contributed by atoms with Crippen molar-refractivity contribution in [3.05, 3.63) is 70.0 Å². The first-order chi connectivity index (χ1) is 12.2. The number of fused-ring (bicyclic) bond motifs is 2. The van der Waals surface area contributed by atoms with Crippen LogP contribution in [0.3, 0.4) is 0 Å². The molecule has 1 atom stereocenters. The third kappa shape index (κ3) is 3.17. The molecule has 2 aliphatic rings. The summed E-state index contributed by atoms with van der Waals surface area (Å²) in [5, 5.41) is 6.12. The molecule has 5 heteroatoms. The zero-order chi connectivity index (χ0) is 17.2. The number of carbonyl (C=O) groups is 1. The molecule has 1 unspecified atom stereocenters. The van der Waals surface area contributed by atoms with E-state index in [9.17, 15) is 9.18 Å². The highest BCUT2D eigenvalue weighted by atomic mass is 19.1.